The zero-order valence-electron chi connectivity index (χ0n) is 16.5. The molecule has 0 fully saturated rings. The van der Waals surface area contributed by atoms with Gasteiger partial charge >= 0.3 is 0 Å². The number of hydrogen-bond donors (Lipinski definition) is 2. The fourth-order valence-electron chi connectivity index (χ4n) is 3.09. The van der Waals surface area contributed by atoms with Crippen LogP contribution in [-0.4, -0.2) is 25.1 Å². The molecule has 6 nitrogen and oxygen atoms in total. The zero-order chi connectivity index (χ0) is 22.1. The number of pyridine rings is 1. The van der Waals surface area contributed by atoms with Crippen LogP contribution >= 0.6 is 34.5 Å². The molecule has 4 aromatic rings. The molecule has 9 heteroatoms. The molecule has 0 radical (unpaired) electrons. The van der Waals surface area contributed by atoms with E-state index >= 15 is 0 Å². The van der Waals surface area contributed by atoms with Gasteiger partial charge in [0.25, 0.3) is 5.91 Å². The molecule has 1 amide bonds. The molecule has 0 unspecified atom stereocenters. The van der Waals surface area contributed by atoms with Gasteiger partial charge in [-0.25, -0.2) is 4.98 Å². The Morgan fingerprint density at radius 2 is 1.81 bits per heavy atom. The van der Waals surface area contributed by atoms with E-state index in [1.807, 2.05) is 30.3 Å². The smallest absolute Gasteiger partial charge is 0.267 e. The Labute approximate surface area is 192 Å². The van der Waals surface area contributed by atoms with Crippen molar-refractivity contribution in [3.63, 3.8) is 0 Å². The highest BCUT2D eigenvalue weighted by Gasteiger charge is 2.19. The van der Waals surface area contributed by atoms with E-state index in [1.165, 1.54) is 11.3 Å². The molecule has 31 heavy (non-hydrogen) atoms. The van der Waals surface area contributed by atoms with Crippen molar-refractivity contribution in [2.45, 2.75) is 0 Å². The number of amides is 1. The number of carbonyl (C=O) groups is 1. The van der Waals surface area contributed by atoms with E-state index in [4.69, 9.17) is 43.4 Å². The van der Waals surface area contributed by atoms with Gasteiger partial charge in [-0.15, -0.1) is 11.3 Å². The number of rotatable bonds is 5. The lowest BCUT2D eigenvalue weighted by Gasteiger charge is -2.09. The summed E-state index contributed by atoms with van der Waals surface area (Å²) in [7, 11) is 3.16. The molecule has 2 aromatic carbocycles. The predicted molar refractivity (Wildman–Crippen MR) is 127 cm³/mol. The third kappa shape index (κ3) is 4.12. The van der Waals surface area contributed by atoms with Gasteiger partial charge in [0.1, 0.15) is 9.71 Å². The summed E-state index contributed by atoms with van der Waals surface area (Å²) in [6, 6.07) is 14.1. The molecule has 2 heterocycles. The SMILES string of the molecule is COc1ccc(-c2ccc3c(N)c(C(=O)Nc4cc(Cl)ccc4Cl)sc3n2)cc1OC. The quantitative estimate of drug-likeness (QED) is 0.364. The Bertz CT molecular complexity index is 1310. The summed E-state index contributed by atoms with van der Waals surface area (Å²) in [6.45, 7) is 0. The van der Waals surface area contributed by atoms with Crippen molar-refractivity contribution in [1.82, 2.24) is 4.98 Å². The van der Waals surface area contributed by atoms with Crippen LogP contribution in [0.15, 0.2) is 48.5 Å². The second kappa shape index (κ2) is 8.63. The Hall–Kier alpha value is -3.00. The molecule has 0 spiro atoms. The fourth-order valence-corrected chi connectivity index (χ4v) is 4.42. The van der Waals surface area contributed by atoms with Gasteiger partial charge in [-0.1, -0.05) is 23.2 Å². The molecule has 2 aromatic heterocycles. The van der Waals surface area contributed by atoms with E-state index in [9.17, 15) is 4.79 Å². The second-order valence-corrected chi connectivity index (χ2v) is 8.38. The number of thiophene rings is 1. The van der Waals surface area contributed by atoms with Gasteiger partial charge < -0.3 is 20.5 Å². The Kier molecular flexibility index (Phi) is 5.91. The van der Waals surface area contributed by atoms with Gasteiger partial charge in [0.2, 0.25) is 0 Å². The Morgan fingerprint density at radius 3 is 2.55 bits per heavy atom. The van der Waals surface area contributed by atoms with Crippen LogP contribution in [0.25, 0.3) is 21.5 Å². The van der Waals surface area contributed by atoms with Crippen molar-refractivity contribution in [1.29, 1.82) is 0 Å². The fraction of sp³-hybridized carbons (Fsp3) is 0.0909. The van der Waals surface area contributed by atoms with Crippen LogP contribution in [0.4, 0.5) is 11.4 Å². The number of halogens is 2. The molecular weight excluding hydrogens is 457 g/mol. The molecule has 0 atom stereocenters. The van der Waals surface area contributed by atoms with Gasteiger partial charge in [-0.3, -0.25) is 4.79 Å². The largest absolute Gasteiger partial charge is 0.493 e. The van der Waals surface area contributed by atoms with Gasteiger partial charge in [0.15, 0.2) is 11.5 Å². The number of anilines is 2. The second-order valence-electron chi connectivity index (χ2n) is 6.54. The predicted octanol–water partition coefficient (Wildman–Crippen LogP) is 6.12. The summed E-state index contributed by atoms with van der Waals surface area (Å²) in [5, 5.41) is 4.31. The number of nitrogens with zero attached hydrogens (tertiary/aromatic N) is 1. The first-order chi connectivity index (χ1) is 14.9. The molecule has 0 saturated carbocycles. The van der Waals surface area contributed by atoms with Crippen LogP contribution in [0.1, 0.15) is 9.67 Å². The van der Waals surface area contributed by atoms with Crippen LogP contribution in [0, 0.1) is 0 Å². The lowest BCUT2D eigenvalue weighted by Crippen LogP contribution is -2.12. The minimum Gasteiger partial charge on any atom is -0.493 e. The maximum atomic E-state index is 12.8. The van der Waals surface area contributed by atoms with Crippen molar-refractivity contribution in [3.8, 4) is 22.8 Å². The first-order valence-electron chi connectivity index (χ1n) is 9.09. The maximum Gasteiger partial charge on any atom is 0.267 e. The minimum absolute atomic E-state index is 0.350. The maximum absolute atomic E-state index is 12.8. The number of hydrogen-bond acceptors (Lipinski definition) is 6. The van der Waals surface area contributed by atoms with E-state index in [0.717, 1.165) is 11.3 Å². The van der Waals surface area contributed by atoms with Gasteiger partial charge in [-0.2, -0.15) is 0 Å². The molecule has 0 aliphatic carbocycles. The first kappa shape index (κ1) is 21.2. The van der Waals surface area contributed by atoms with Crippen molar-refractivity contribution >= 4 is 62.0 Å². The van der Waals surface area contributed by atoms with E-state index in [1.54, 1.807) is 32.4 Å². The highest BCUT2D eigenvalue weighted by Crippen LogP contribution is 2.37. The van der Waals surface area contributed by atoms with Crippen LogP contribution in [0.3, 0.4) is 0 Å². The third-order valence-electron chi connectivity index (χ3n) is 4.66. The summed E-state index contributed by atoms with van der Waals surface area (Å²) >= 11 is 13.4. The first-order valence-corrected chi connectivity index (χ1v) is 10.7. The number of nitrogens with two attached hydrogens (primary N) is 1. The molecule has 158 valence electrons. The van der Waals surface area contributed by atoms with Crippen LogP contribution in [0.5, 0.6) is 11.5 Å². The number of nitrogens with one attached hydrogen (secondary N) is 1. The third-order valence-corrected chi connectivity index (χ3v) is 6.33. The Balaban J connectivity index is 1.69. The molecular formula is C22H17Cl2N3O3S. The molecule has 3 N–H and O–H groups in total. The van der Waals surface area contributed by atoms with Gasteiger partial charge in [0.05, 0.1) is 36.3 Å². The minimum atomic E-state index is -0.377. The van der Waals surface area contributed by atoms with Crippen molar-refractivity contribution < 1.29 is 14.3 Å². The van der Waals surface area contributed by atoms with E-state index in [0.29, 0.717) is 48.0 Å². The normalized spacial score (nSPS) is 10.8. The summed E-state index contributed by atoms with van der Waals surface area (Å²) in [6.07, 6.45) is 0. The average Bonchev–Trinajstić information content (AvgIpc) is 3.11. The van der Waals surface area contributed by atoms with Crippen LogP contribution in [-0.2, 0) is 0 Å². The van der Waals surface area contributed by atoms with Crippen molar-refractivity contribution in [2.75, 3.05) is 25.3 Å². The number of carbonyl (C=O) groups excluding carboxylic acids is 1. The number of benzene rings is 2. The van der Waals surface area contributed by atoms with Gasteiger partial charge in [0, 0.05) is 16.0 Å². The van der Waals surface area contributed by atoms with E-state index in [2.05, 4.69) is 5.32 Å². The van der Waals surface area contributed by atoms with Crippen LogP contribution in [0.2, 0.25) is 10.0 Å². The number of nitrogen functional groups attached to an aromatic ring is 1. The monoisotopic (exact) mass is 473 g/mol. The zero-order valence-corrected chi connectivity index (χ0v) is 18.9. The highest BCUT2D eigenvalue weighted by molar-refractivity contribution is 7.21. The number of ether oxygens (including phenoxy) is 2. The molecule has 0 saturated heterocycles. The van der Waals surface area contributed by atoms with Gasteiger partial charge in [-0.05, 0) is 48.5 Å². The summed E-state index contributed by atoms with van der Waals surface area (Å²) in [4.78, 5) is 18.5. The summed E-state index contributed by atoms with van der Waals surface area (Å²) in [5.41, 5.74) is 8.59. The van der Waals surface area contributed by atoms with Crippen molar-refractivity contribution in [2.24, 2.45) is 0 Å². The lowest BCUT2D eigenvalue weighted by atomic mass is 10.1. The molecule has 0 aliphatic rings. The average molecular weight is 474 g/mol. The number of fused-ring (bicyclic) bond motifs is 1. The number of aromatic nitrogens is 1. The lowest BCUT2D eigenvalue weighted by molar-refractivity contribution is 0.103. The standard InChI is InChI=1S/C22H17Cl2N3O3S/c1-29-17-8-3-11(9-18(17)30-2)15-7-5-13-19(25)20(31-22(13)27-15)21(28)26-16-10-12(23)4-6-14(16)24/h3-10H,25H2,1-2H3,(H,26,28). The van der Waals surface area contributed by atoms with Crippen molar-refractivity contribution in [3.05, 3.63) is 63.5 Å². The Morgan fingerprint density at radius 1 is 1.03 bits per heavy atom. The summed E-state index contributed by atoms with van der Waals surface area (Å²) < 4.78 is 10.7. The van der Waals surface area contributed by atoms with E-state index < -0.39 is 0 Å². The highest BCUT2D eigenvalue weighted by atomic mass is 35.5. The molecule has 0 bridgehead atoms. The van der Waals surface area contributed by atoms with Crippen LogP contribution < -0.4 is 20.5 Å². The topological polar surface area (TPSA) is 86.5 Å². The molecule has 4 rings (SSSR count). The summed E-state index contributed by atoms with van der Waals surface area (Å²) in [5.74, 6) is 0.856. The van der Waals surface area contributed by atoms with E-state index in [-0.39, 0.29) is 5.91 Å². The number of methoxy groups -OCH3 is 2. The molecule has 0 aliphatic heterocycles.